The van der Waals surface area contributed by atoms with Gasteiger partial charge in [0.15, 0.2) is 5.96 Å². The Bertz CT molecular complexity index is 783. The third-order valence-electron chi connectivity index (χ3n) is 4.88. The standard InChI is InChI=1S/C21H29FN4O2.HI/c1-3-23-20(24-15-21(2,27)19-10-6-12-28-19)25-17-8-5-11-26(14-17)18-9-4-7-16(22)13-18;/h4,6-7,9-10,12-13,17,27H,3,5,8,11,14-15H2,1-2H3,(H2,23,24,25);1H. The van der Waals surface area contributed by atoms with Crippen LogP contribution in [0, 0.1) is 5.82 Å². The van der Waals surface area contributed by atoms with Crippen LogP contribution in [0.3, 0.4) is 0 Å². The second-order valence-corrected chi connectivity index (χ2v) is 7.36. The molecule has 2 atom stereocenters. The van der Waals surface area contributed by atoms with Gasteiger partial charge in [0.2, 0.25) is 0 Å². The van der Waals surface area contributed by atoms with Crippen molar-refractivity contribution in [2.75, 3.05) is 31.1 Å². The second-order valence-electron chi connectivity index (χ2n) is 7.36. The highest BCUT2D eigenvalue weighted by Crippen LogP contribution is 2.22. The molecule has 160 valence electrons. The smallest absolute Gasteiger partial charge is 0.191 e. The maximum Gasteiger partial charge on any atom is 0.191 e. The highest BCUT2D eigenvalue weighted by molar-refractivity contribution is 14.0. The van der Waals surface area contributed by atoms with Crippen LogP contribution in [0.1, 0.15) is 32.4 Å². The molecule has 1 fully saturated rings. The van der Waals surface area contributed by atoms with Crippen molar-refractivity contribution < 1.29 is 13.9 Å². The van der Waals surface area contributed by atoms with Gasteiger partial charge in [-0.2, -0.15) is 0 Å². The monoisotopic (exact) mass is 516 g/mol. The summed E-state index contributed by atoms with van der Waals surface area (Å²) in [5.41, 5.74) is -0.277. The first-order chi connectivity index (χ1) is 13.5. The van der Waals surface area contributed by atoms with Crippen LogP contribution in [0.25, 0.3) is 0 Å². The van der Waals surface area contributed by atoms with Gasteiger partial charge in [-0.05, 0) is 57.0 Å². The van der Waals surface area contributed by atoms with E-state index >= 15 is 0 Å². The van der Waals surface area contributed by atoms with Crippen LogP contribution in [-0.4, -0.2) is 43.3 Å². The van der Waals surface area contributed by atoms with Gasteiger partial charge in [0, 0.05) is 31.4 Å². The van der Waals surface area contributed by atoms with E-state index in [1.807, 2.05) is 13.0 Å². The number of hydrogen-bond donors (Lipinski definition) is 3. The van der Waals surface area contributed by atoms with Crippen LogP contribution < -0.4 is 15.5 Å². The average Bonchev–Trinajstić information content (AvgIpc) is 3.23. The maximum absolute atomic E-state index is 13.6. The maximum atomic E-state index is 13.6. The van der Waals surface area contributed by atoms with Crippen LogP contribution in [0.5, 0.6) is 0 Å². The van der Waals surface area contributed by atoms with Gasteiger partial charge < -0.3 is 25.1 Å². The summed E-state index contributed by atoms with van der Waals surface area (Å²) in [5.74, 6) is 0.921. The summed E-state index contributed by atoms with van der Waals surface area (Å²) in [7, 11) is 0. The van der Waals surface area contributed by atoms with E-state index in [1.54, 1.807) is 37.5 Å². The molecular formula is C21H30FIN4O2. The lowest BCUT2D eigenvalue weighted by molar-refractivity contribution is 0.0436. The molecule has 0 saturated carbocycles. The molecule has 1 saturated heterocycles. The molecule has 0 amide bonds. The van der Waals surface area contributed by atoms with Gasteiger partial charge in [0.25, 0.3) is 0 Å². The van der Waals surface area contributed by atoms with E-state index < -0.39 is 5.60 Å². The quantitative estimate of drug-likeness (QED) is 0.312. The number of hydrogen-bond acceptors (Lipinski definition) is 4. The van der Waals surface area contributed by atoms with Crippen molar-refractivity contribution in [1.82, 2.24) is 10.6 Å². The summed E-state index contributed by atoms with van der Waals surface area (Å²) < 4.78 is 18.9. The molecule has 2 unspecified atom stereocenters. The van der Waals surface area contributed by atoms with Crippen LogP contribution in [0.15, 0.2) is 52.1 Å². The molecule has 0 aliphatic carbocycles. The number of nitrogens with zero attached hydrogens (tertiary/aromatic N) is 2. The van der Waals surface area contributed by atoms with Crippen molar-refractivity contribution in [3.63, 3.8) is 0 Å². The Kier molecular flexibility index (Phi) is 8.76. The topological polar surface area (TPSA) is 73.0 Å². The minimum atomic E-state index is -1.17. The minimum absolute atomic E-state index is 0. The fraction of sp³-hybridized carbons (Fsp3) is 0.476. The zero-order valence-corrected chi connectivity index (χ0v) is 19.2. The largest absolute Gasteiger partial charge is 0.466 e. The van der Waals surface area contributed by atoms with Gasteiger partial charge >= 0.3 is 0 Å². The van der Waals surface area contributed by atoms with Crippen molar-refractivity contribution in [2.24, 2.45) is 4.99 Å². The molecule has 0 bridgehead atoms. The van der Waals surface area contributed by atoms with Gasteiger partial charge in [-0.3, -0.25) is 0 Å². The number of aliphatic hydroxyl groups is 1. The van der Waals surface area contributed by atoms with Crippen LogP contribution in [0.4, 0.5) is 10.1 Å². The minimum Gasteiger partial charge on any atom is -0.466 e. The van der Waals surface area contributed by atoms with Crippen molar-refractivity contribution in [2.45, 2.75) is 38.3 Å². The van der Waals surface area contributed by atoms with E-state index in [0.717, 1.165) is 38.2 Å². The number of piperidine rings is 1. The zero-order valence-electron chi connectivity index (χ0n) is 16.9. The van der Waals surface area contributed by atoms with Crippen LogP contribution in [0.2, 0.25) is 0 Å². The molecule has 29 heavy (non-hydrogen) atoms. The molecule has 2 aromatic rings. The molecule has 1 aliphatic heterocycles. The Labute approximate surface area is 188 Å². The number of rotatable bonds is 6. The number of halogens is 2. The molecule has 2 heterocycles. The number of anilines is 1. The lowest BCUT2D eigenvalue weighted by Crippen LogP contribution is -2.51. The lowest BCUT2D eigenvalue weighted by Gasteiger charge is -2.35. The lowest BCUT2D eigenvalue weighted by atomic mass is 10.0. The molecule has 1 aromatic heterocycles. The van der Waals surface area contributed by atoms with Gasteiger partial charge in [-0.1, -0.05) is 6.07 Å². The normalized spacial score (nSPS) is 19.2. The summed E-state index contributed by atoms with van der Waals surface area (Å²) in [4.78, 5) is 6.74. The van der Waals surface area contributed by atoms with Crippen molar-refractivity contribution in [1.29, 1.82) is 0 Å². The van der Waals surface area contributed by atoms with Crippen molar-refractivity contribution in [3.05, 3.63) is 54.2 Å². The average molecular weight is 516 g/mol. The van der Waals surface area contributed by atoms with Crippen LogP contribution >= 0.6 is 24.0 Å². The molecule has 1 aliphatic rings. The third-order valence-corrected chi connectivity index (χ3v) is 4.88. The number of furan rings is 1. The van der Waals surface area contributed by atoms with Gasteiger partial charge in [0.1, 0.15) is 17.2 Å². The van der Waals surface area contributed by atoms with E-state index in [2.05, 4.69) is 20.5 Å². The SMILES string of the molecule is CCNC(=NCC(C)(O)c1ccco1)NC1CCCN(c2cccc(F)c2)C1.I. The number of nitrogens with one attached hydrogen (secondary N) is 2. The van der Waals surface area contributed by atoms with Crippen molar-refractivity contribution in [3.8, 4) is 0 Å². The van der Waals surface area contributed by atoms with E-state index in [4.69, 9.17) is 4.42 Å². The Hall–Kier alpha value is -1.81. The molecule has 0 radical (unpaired) electrons. The number of guanidine groups is 1. The Morgan fingerprint density at radius 2 is 2.21 bits per heavy atom. The second kappa shape index (κ2) is 10.8. The van der Waals surface area contributed by atoms with E-state index in [1.165, 1.54) is 6.07 Å². The van der Waals surface area contributed by atoms with Gasteiger partial charge in [-0.25, -0.2) is 9.38 Å². The highest BCUT2D eigenvalue weighted by Gasteiger charge is 2.27. The Balaban J connectivity index is 0.00000300. The first-order valence-corrected chi connectivity index (χ1v) is 9.79. The number of benzene rings is 1. The molecule has 1 aromatic carbocycles. The fourth-order valence-electron chi connectivity index (χ4n) is 3.41. The third kappa shape index (κ3) is 6.60. The van der Waals surface area contributed by atoms with Crippen LogP contribution in [-0.2, 0) is 5.60 Å². The van der Waals surface area contributed by atoms with E-state index in [-0.39, 0.29) is 42.4 Å². The molecule has 3 rings (SSSR count). The summed E-state index contributed by atoms with van der Waals surface area (Å²) in [6.07, 6.45) is 3.56. The summed E-state index contributed by atoms with van der Waals surface area (Å²) >= 11 is 0. The van der Waals surface area contributed by atoms with Crippen molar-refractivity contribution >= 4 is 35.6 Å². The van der Waals surface area contributed by atoms with Gasteiger partial charge in [-0.15, -0.1) is 24.0 Å². The van der Waals surface area contributed by atoms with Gasteiger partial charge in [0.05, 0.1) is 12.8 Å². The summed E-state index contributed by atoms with van der Waals surface area (Å²) in [6, 6.07) is 10.4. The molecule has 8 heteroatoms. The molecular weight excluding hydrogens is 486 g/mol. The molecule has 0 spiro atoms. The zero-order chi connectivity index (χ0) is 20.0. The number of aliphatic imine (C=N–C) groups is 1. The molecule has 3 N–H and O–H groups in total. The molecule has 6 nitrogen and oxygen atoms in total. The Morgan fingerprint density at radius 1 is 1.38 bits per heavy atom. The first-order valence-electron chi connectivity index (χ1n) is 9.79. The summed E-state index contributed by atoms with van der Waals surface area (Å²) in [5, 5.41) is 17.3. The first kappa shape index (κ1) is 23.5. The van der Waals surface area contributed by atoms with E-state index in [0.29, 0.717) is 11.7 Å². The summed E-state index contributed by atoms with van der Waals surface area (Å²) in [6.45, 7) is 6.25. The highest BCUT2D eigenvalue weighted by atomic mass is 127. The predicted octanol–water partition coefficient (Wildman–Crippen LogP) is 3.47. The fourth-order valence-corrected chi connectivity index (χ4v) is 3.41. The predicted molar refractivity (Wildman–Crippen MR) is 124 cm³/mol. The Morgan fingerprint density at radius 3 is 2.90 bits per heavy atom. The van der Waals surface area contributed by atoms with E-state index in [9.17, 15) is 9.50 Å².